The van der Waals surface area contributed by atoms with Crippen molar-refractivity contribution in [3.8, 4) is 5.88 Å². The van der Waals surface area contributed by atoms with E-state index in [-0.39, 0.29) is 6.04 Å². The molecular weight excluding hydrogens is 244 g/mol. The van der Waals surface area contributed by atoms with E-state index in [4.69, 9.17) is 15.0 Å². The van der Waals surface area contributed by atoms with Gasteiger partial charge in [0.25, 0.3) is 0 Å². The Labute approximate surface area is 111 Å². The fourth-order valence-corrected chi connectivity index (χ4v) is 1.59. The Morgan fingerprint density at radius 2 is 2.37 bits per heavy atom. The summed E-state index contributed by atoms with van der Waals surface area (Å²) in [5.41, 5.74) is 6.83. The summed E-state index contributed by atoms with van der Waals surface area (Å²) in [6, 6.07) is 3.40. The smallest absolute Gasteiger partial charge is 0.243 e. The maximum atomic E-state index is 5.85. The van der Waals surface area contributed by atoms with Crippen molar-refractivity contribution in [2.24, 2.45) is 5.73 Å². The van der Waals surface area contributed by atoms with E-state index in [0.29, 0.717) is 30.4 Å². The molecule has 0 aromatic carbocycles. The van der Waals surface area contributed by atoms with E-state index in [1.165, 1.54) is 0 Å². The van der Waals surface area contributed by atoms with Crippen LogP contribution in [0.4, 0.5) is 0 Å². The molecule has 0 aliphatic carbocycles. The first kappa shape index (κ1) is 13.2. The van der Waals surface area contributed by atoms with Gasteiger partial charge in [0.1, 0.15) is 0 Å². The molecule has 19 heavy (non-hydrogen) atoms. The molecule has 0 aliphatic rings. The largest absolute Gasteiger partial charge is 0.481 e. The van der Waals surface area contributed by atoms with Crippen LogP contribution in [0.2, 0.25) is 0 Å². The van der Waals surface area contributed by atoms with E-state index in [0.717, 1.165) is 5.56 Å². The Hall–Kier alpha value is -2.21. The third-order valence-corrected chi connectivity index (χ3v) is 2.59. The van der Waals surface area contributed by atoms with Crippen molar-refractivity contribution in [2.45, 2.75) is 18.9 Å². The molecule has 2 aromatic heterocycles. The first-order valence-electron chi connectivity index (χ1n) is 5.90. The Morgan fingerprint density at radius 3 is 3.00 bits per heavy atom. The molecule has 0 bridgehead atoms. The lowest BCUT2D eigenvalue weighted by molar-refractivity contribution is 0.352. The lowest BCUT2D eigenvalue weighted by Crippen LogP contribution is -2.09. The van der Waals surface area contributed by atoms with Gasteiger partial charge in [-0.25, -0.2) is 4.98 Å². The van der Waals surface area contributed by atoms with Gasteiger partial charge in [-0.15, -0.1) is 6.58 Å². The molecule has 2 N–H and O–H groups in total. The van der Waals surface area contributed by atoms with E-state index in [1.807, 2.05) is 6.07 Å². The third-order valence-electron chi connectivity index (χ3n) is 2.59. The van der Waals surface area contributed by atoms with Crippen LogP contribution in [-0.2, 0) is 6.42 Å². The molecule has 100 valence electrons. The highest BCUT2D eigenvalue weighted by molar-refractivity contribution is 5.20. The van der Waals surface area contributed by atoms with Gasteiger partial charge < -0.3 is 15.0 Å². The van der Waals surface area contributed by atoms with Crippen molar-refractivity contribution in [3.05, 3.63) is 48.3 Å². The van der Waals surface area contributed by atoms with Gasteiger partial charge in [-0.2, -0.15) is 4.98 Å². The summed E-state index contributed by atoms with van der Waals surface area (Å²) in [6.45, 7) is 3.63. The maximum absolute atomic E-state index is 5.85. The van der Waals surface area contributed by atoms with Gasteiger partial charge in [0.15, 0.2) is 5.82 Å². The van der Waals surface area contributed by atoms with Gasteiger partial charge in [0, 0.05) is 18.7 Å². The molecule has 2 rings (SSSR count). The van der Waals surface area contributed by atoms with Gasteiger partial charge in [-0.3, -0.25) is 0 Å². The molecule has 2 aromatic rings. The highest BCUT2D eigenvalue weighted by atomic mass is 16.5. The van der Waals surface area contributed by atoms with Crippen molar-refractivity contribution < 1.29 is 9.26 Å². The first-order chi connectivity index (χ1) is 9.22. The summed E-state index contributed by atoms with van der Waals surface area (Å²) in [7, 11) is 1.58. The van der Waals surface area contributed by atoms with E-state index < -0.39 is 0 Å². The van der Waals surface area contributed by atoms with Crippen LogP contribution >= 0.6 is 0 Å². The Kier molecular flexibility index (Phi) is 4.25. The number of nitrogens with two attached hydrogens (primary N) is 1. The number of rotatable bonds is 6. The minimum absolute atomic E-state index is 0.298. The number of hydrogen-bond acceptors (Lipinski definition) is 6. The molecule has 0 saturated carbocycles. The normalized spacial score (nSPS) is 12.1. The number of nitrogens with zero attached hydrogens (tertiary/aromatic N) is 3. The van der Waals surface area contributed by atoms with Crippen LogP contribution in [-0.4, -0.2) is 22.2 Å². The summed E-state index contributed by atoms with van der Waals surface area (Å²) >= 11 is 0. The van der Waals surface area contributed by atoms with Crippen molar-refractivity contribution in [3.63, 3.8) is 0 Å². The fraction of sp³-hybridized carbons (Fsp3) is 0.308. The second-order valence-corrected chi connectivity index (χ2v) is 4.07. The van der Waals surface area contributed by atoms with E-state index in [9.17, 15) is 0 Å². The Balaban J connectivity index is 2.04. The van der Waals surface area contributed by atoms with Crippen molar-refractivity contribution in [1.82, 2.24) is 15.1 Å². The molecule has 0 amide bonds. The quantitative estimate of drug-likeness (QED) is 0.794. The van der Waals surface area contributed by atoms with Gasteiger partial charge in [0.05, 0.1) is 13.2 Å². The van der Waals surface area contributed by atoms with Crippen LogP contribution in [0.5, 0.6) is 5.88 Å². The molecule has 0 spiro atoms. The SMILES string of the molecule is C=CCC(N)c1nc(Cc2ccc(OC)nc2)no1. The predicted molar refractivity (Wildman–Crippen MR) is 69.6 cm³/mol. The summed E-state index contributed by atoms with van der Waals surface area (Å²) in [5.74, 6) is 1.59. The van der Waals surface area contributed by atoms with Crippen molar-refractivity contribution in [2.75, 3.05) is 7.11 Å². The predicted octanol–water partition coefficient (Wildman–Crippen LogP) is 1.64. The maximum Gasteiger partial charge on any atom is 0.243 e. The zero-order valence-corrected chi connectivity index (χ0v) is 10.7. The number of methoxy groups -OCH3 is 1. The number of aromatic nitrogens is 3. The van der Waals surface area contributed by atoms with Gasteiger partial charge >= 0.3 is 0 Å². The van der Waals surface area contributed by atoms with Crippen LogP contribution in [0.15, 0.2) is 35.5 Å². The molecule has 0 fully saturated rings. The monoisotopic (exact) mass is 260 g/mol. The number of ether oxygens (including phenoxy) is 1. The molecular formula is C13H16N4O2. The summed E-state index contributed by atoms with van der Waals surface area (Å²) in [6.07, 6.45) is 4.59. The van der Waals surface area contributed by atoms with Crippen LogP contribution in [0.3, 0.4) is 0 Å². The number of pyridine rings is 1. The van der Waals surface area contributed by atoms with Crippen molar-refractivity contribution in [1.29, 1.82) is 0 Å². The average Bonchev–Trinajstić information content (AvgIpc) is 2.88. The Morgan fingerprint density at radius 1 is 1.53 bits per heavy atom. The standard InChI is InChI=1S/C13H16N4O2/c1-3-4-10(14)13-16-11(17-19-13)7-9-5-6-12(18-2)15-8-9/h3,5-6,8,10H,1,4,7,14H2,2H3. The number of hydrogen-bond donors (Lipinski definition) is 1. The topological polar surface area (TPSA) is 87.1 Å². The summed E-state index contributed by atoms with van der Waals surface area (Å²) < 4.78 is 10.1. The van der Waals surface area contributed by atoms with Crippen LogP contribution < -0.4 is 10.5 Å². The van der Waals surface area contributed by atoms with E-state index >= 15 is 0 Å². The van der Waals surface area contributed by atoms with Gasteiger partial charge in [0.2, 0.25) is 11.8 Å². The minimum Gasteiger partial charge on any atom is -0.481 e. The lowest BCUT2D eigenvalue weighted by atomic mass is 10.2. The second-order valence-electron chi connectivity index (χ2n) is 4.07. The Bertz CT molecular complexity index is 536. The summed E-state index contributed by atoms with van der Waals surface area (Å²) in [5, 5.41) is 3.90. The summed E-state index contributed by atoms with van der Waals surface area (Å²) in [4.78, 5) is 8.38. The molecule has 6 heteroatoms. The van der Waals surface area contributed by atoms with Gasteiger partial charge in [-0.05, 0) is 12.0 Å². The molecule has 2 heterocycles. The van der Waals surface area contributed by atoms with E-state index in [2.05, 4.69) is 21.7 Å². The fourth-order valence-electron chi connectivity index (χ4n) is 1.59. The third kappa shape index (κ3) is 3.38. The van der Waals surface area contributed by atoms with Crippen molar-refractivity contribution >= 4 is 0 Å². The minimum atomic E-state index is -0.298. The highest BCUT2D eigenvalue weighted by Gasteiger charge is 2.13. The average molecular weight is 260 g/mol. The van der Waals surface area contributed by atoms with Crippen LogP contribution in [0.25, 0.3) is 0 Å². The lowest BCUT2D eigenvalue weighted by Gasteiger charge is -2.00. The molecule has 1 unspecified atom stereocenters. The second kappa shape index (κ2) is 6.10. The highest BCUT2D eigenvalue weighted by Crippen LogP contribution is 2.14. The first-order valence-corrected chi connectivity index (χ1v) is 5.90. The zero-order valence-electron chi connectivity index (χ0n) is 10.7. The molecule has 0 aliphatic heterocycles. The molecule has 6 nitrogen and oxygen atoms in total. The zero-order chi connectivity index (χ0) is 13.7. The molecule has 0 saturated heterocycles. The molecule has 1 atom stereocenters. The van der Waals surface area contributed by atoms with Crippen LogP contribution in [0, 0.1) is 0 Å². The van der Waals surface area contributed by atoms with E-state index in [1.54, 1.807) is 25.4 Å². The van der Waals surface area contributed by atoms with Crippen LogP contribution in [0.1, 0.15) is 29.7 Å². The van der Waals surface area contributed by atoms with Gasteiger partial charge in [-0.1, -0.05) is 17.3 Å². The molecule has 0 radical (unpaired) electrons.